The minimum Gasteiger partial charge on any atom is -0.480 e. The predicted molar refractivity (Wildman–Crippen MR) is 90.8 cm³/mol. The summed E-state index contributed by atoms with van der Waals surface area (Å²) in [4.78, 5) is 46.9. The van der Waals surface area contributed by atoms with E-state index in [2.05, 4.69) is 0 Å². The molecule has 144 valence electrons. The molecular weight excluding hydrogens is 330 g/mol. The van der Waals surface area contributed by atoms with Crippen LogP contribution in [0.1, 0.15) is 58.8 Å². The average Bonchev–Trinajstić information content (AvgIpc) is 2.53. The topological polar surface area (TPSA) is 187 Å². The molecule has 0 fully saturated rings. The Morgan fingerprint density at radius 2 is 1.36 bits per heavy atom. The molecule has 0 spiro atoms. The molecule has 3 atom stereocenters. The molecule has 25 heavy (non-hydrogen) atoms. The lowest BCUT2D eigenvalue weighted by atomic mass is 9.83. The van der Waals surface area contributed by atoms with E-state index in [9.17, 15) is 24.3 Å². The highest BCUT2D eigenvalue weighted by Gasteiger charge is 2.44. The third-order valence-corrected chi connectivity index (χ3v) is 4.24. The maximum Gasteiger partial charge on any atom is 0.331 e. The Labute approximate surface area is 146 Å². The monoisotopic (exact) mass is 359 g/mol. The number of carboxylic acid groups (broad SMARTS) is 2. The summed E-state index contributed by atoms with van der Waals surface area (Å²) in [6.07, 6.45) is 0.750. The van der Waals surface area contributed by atoms with Gasteiger partial charge in [0.05, 0.1) is 6.04 Å². The van der Waals surface area contributed by atoms with Gasteiger partial charge in [-0.3, -0.25) is 9.59 Å². The first kappa shape index (κ1) is 23.2. The van der Waals surface area contributed by atoms with Crippen molar-refractivity contribution in [2.24, 2.45) is 17.2 Å². The summed E-state index contributed by atoms with van der Waals surface area (Å²) >= 11 is 0. The summed E-state index contributed by atoms with van der Waals surface area (Å²) in [7, 11) is 0. The van der Waals surface area contributed by atoms with Gasteiger partial charge < -0.3 is 27.4 Å². The summed E-state index contributed by atoms with van der Waals surface area (Å²) in [5.41, 5.74) is 13.1. The fraction of sp³-hybridized carbons (Fsp3) is 0.750. The fourth-order valence-electron chi connectivity index (χ4n) is 2.66. The molecule has 9 heteroatoms. The molecule has 0 aliphatic carbocycles. The first-order chi connectivity index (χ1) is 11.5. The fourth-order valence-corrected chi connectivity index (χ4v) is 2.66. The van der Waals surface area contributed by atoms with Crippen LogP contribution in [0.15, 0.2) is 0 Å². The zero-order valence-electron chi connectivity index (χ0n) is 14.8. The highest BCUT2D eigenvalue weighted by Crippen LogP contribution is 2.18. The highest BCUT2D eigenvalue weighted by molar-refractivity contribution is 6.10. The van der Waals surface area contributed by atoms with Crippen molar-refractivity contribution in [2.75, 3.05) is 0 Å². The Hall–Kier alpha value is -1.84. The van der Waals surface area contributed by atoms with Gasteiger partial charge in [0.1, 0.15) is 0 Å². The maximum absolute atomic E-state index is 12.2. The molecule has 0 aromatic rings. The molecule has 0 heterocycles. The van der Waals surface area contributed by atoms with E-state index < -0.39 is 40.6 Å². The number of ketones is 2. The van der Waals surface area contributed by atoms with Crippen molar-refractivity contribution in [3.05, 3.63) is 0 Å². The number of hydrogen-bond acceptors (Lipinski definition) is 7. The molecule has 0 saturated carbocycles. The zero-order chi connectivity index (χ0) is 19.8. The van der Waals surface area contributed by atoms with E-state index in [0.717, 1.165) is 0 Å². The summed E-state index contributed by atoms with van der Waals surface area (Å²) in [6.45, 7) is 3.41. The van der Waals surface area contributed by atoms with Crippen LogP contribution in [-0.2, 0) is 19.2 Å². The summed E-state index contributed by atoms with van der Waals surface area (Å²) in [5, 5.41) is 18.3. The Morgan fingerprint density at radius 1 is 0.920 bits per heavy atom. The number of carbonyl (C=O) groups excluding carboxylic acids is 2. The van der Waals surface area contributed by atoms with Crippen LogP contribution in [0, 0.1) is 0 Å². The van der Waals surface area contributed by atoms with Gasteiger partial charge in [-0.25, -0.2) is 9.59 Å². The van der Waals surface area contributed by atoms with Crippen LogP contribution >= 0.6 is 0 Å². The molecule has 0 saturated heterocycles. The van der Waals surface area contributed by atoms with Crippen LogP contribution in [0.4, 0.5) is 0 Å². The number of aliphatic carboxylic acids is 2. The Morgan fingerprint density at radius 3 is 1.76 bits per heavy atom. The second kappa shape index (κ2) is 9.59. The van der Waals surface area contributed by atoms with Gasteiger partial charge in [-0.2, -0.15) is 0 Å². The smallest absolute Gasteiger partial charge is 0.331 e. The number of carboxylic acids is 2. The number of hydrogen-bond donors (Lipinski definition) is 5. The van der Waals surface area contributed by atoms with Crippen molar-refractivity contribution < 1.29 is 29.4 Å². The highest BCUT2D eigenvalue weighted by atomic mass is 16.4. The SMILES string of the molecule is CCCC(N)(C(=O)O)C(=O)CCCC(N)C(=O)C(N)(CCC)C(=O)O. The minimum absolute atomic E-state index is 0.00752. The van der Waals surface area contributed by atoms with Gasteiger partial charge in [-0.1, -0.05) is 26.7 Å². The molecule has 0 radical (unpaired) electrons. The van der Waals surface area contributed by atoms with E-state index in [1.54, 1.807) is 13.8 Å². The molecule has 0 bridgehead atoms. The molecule has 0 aromatic carbocycles. The lowest BCUT2D eigenvalue weighted by Crippen LogP contribution is -2.60. The first-order valence-corrected chi connectivity index (χ1v) is 8.35. The first-order valence-electron chi connectivity index (χ1n) is 8.35. The number of rotatable bonds is 13. The molecule has 0 rings (SSSR count). The van der Waals surface area contributed by atoms with E-state index in [0.29, 0.717) is 12.8 Å². The molecular formula is C16H29N3O6. The molecule has 3 unspecified atom stereocenters. The summed E-state index contributed by atoms with van der Waals surface area (Å²) in [5.74, 6) is -4.29. The standard InChI is InChI=1S/C16H29N3O6/c1-3-8-15(18,13(22)23)11(20)7-5-6-10(17)12(21)16(19,9-4-2)14(24)25/h10H,3-9,17-19H2,1-2H3,(H,22,23)(H,24,25). The maximum atomic E-state index is 12.2. The van der Waals surface area contributed by atoms with Crippen molar-refractivity contribution in [3.8, 4) is 0 Å². The summed E-state index contributed by atoms with van der Waals surface area (Å²) < 4.78 is 0. The number of Topliss-reactive ketones (excluding diaryl/α,β-unsaturated/α-hetero) is 2. The molecule has 0 aliphatic rings. The molecule has 0 amide bonds. The van der Waals surface area contributed by atoms with Crippen molar-refractivity contribution in [1.82, 2.24) is 0 Å². The van der Waals surface area contributed by atoms with Gasteiger partial charge in [0, 0.05) is 6.42 Å². The van der Waals surface area contributed by atoms with Gasteiger partial charge in [-0.15, -0.1) is 0 Å². The van der Waals surface area contributed by atoms with E-state index in [4.69, 9.17) is 22.3 Å². The number of nitrogens with two attached hydrogens (primary N) is 3. The Kier molecular flexibility index (Phi) is 8.89. The molecule has 8 N–H and O–H groups in total. The number of carbonyl (C=O) groups is 4. The van der Waals surface area contributed by atoms with E-state index in [1.807, 2.05) is 0 Å². The minimum atomic E-state index is -2.06. The van der Waals surface area contributed by atoms with Crippen LogP contribution in [0.2, 0.25) is 0 Å². The van der Waals surface area contributed by atoms with Crippen LogP contribution in [-0.4, -0.2) is 50.8 Å². The quantitative estimate of drug-likeness (QED) is 0.277. The second-order valence-corrected chi connectivity index (χ2v) is 6.34. The van der Waals surface area contributed by atoms with Crippen molar-refractivity contribution in [1.29, 1.82) is 0 Å². The van der Waals surface area contributed by atoms with Crippen molar-refractivity contribution in [3.63, 3.8) is 0 Å². The van der Waals surface area contributed by atoms with Crippen LogP contribution in [0.5, 0.6) is 0 Å². The third kappa shape index (κ3) is 5.58. The van der Waals surface area contributed by atoms with Crippen LogP contribution in [0.25, 0.3) is 0 Å². The van der Waals surface area contributed by atoms with Crippen LogP contribution in [0.3, 0.4) is 0 Å². The van der Waals surface area contributed by atoms with E-state index in [1.165, 1.54) is 0 Å². The predicted octanol–water partition coefficient (Wildman–Crippen LogP) is -0.213. The van der Waals surface area contributed by atoms with Gasteiger partial charge in [0.2, 0.25) is 0 Å². The lowest BCUT2D eigenvalue weighted by Gasteiger charge is -2.26. The largest absolute Gasteiger partial charge is 0.480 e. The molecule has 0 aromatic heterocycles. The average molecular weight is 359 g/mol. The van der Waals surface area contributed by atoms with Gasteiger partial charge in [0.15, 0.2) is 22.6 Å². The van der Waals surface area contributed by atoms with E-state index in [-0.39, 0.29) is 32.1 Å². The third-order valence-electron chi connectivity index (χ3n) is 4.24. The second-order valence-electron chi connectivity index (χ2n) is 6.34. The van der Waals surface area contributed by atoms with Gasteiger partial charge >= 0.3 is 11.9 Å². The van der Waals surface area contributed by atoms with Crippen molar-refractivity contribution >= 4 is 23.5 Å². The summed E-state index contributed by atoms with van der Waals surface area (Å²) in [6, 6.07) is -1.15. The van der Waals surface area contributed by atoms with E-state index >= 15 is 0 Å². The van der Waals surface area contributed by atoms with Gasteiger partial charge in [0.25, 0.3) is 0 Å². The molecule has 9 nitrogen and oxygen atoms in total. The zero-order valence-corrected chi connectivity index (χ0v) is 14.8. The lowest BCUT2D eigenvalue weighted by molar-refractivity contribution is -0.151. The Bertz CT molecular complexity index is 524. The molecule has 0 aliphatic heterocycles. The normalized spacial score (nSPS) is 17.2. The van der Waals surface area contributed by atoms with Crippen LogP contribution < -0.4 is 17.2 Å². The Balaban J connectivity index is 4.82. The van der Waals surface area contributed by atoms with Gasteiger partial charge in [-0.05, 0) is 25.7 Å². The van der Waals surface area contributed by atoms with Crippen molar-refractivity contribution in [2.45, 2.75) is 75.9 Å².